The Balaban J connectivity index is 0.000000631. The van der Waals surface area contributed by atoms with Crippen LogP contribution in [-0.4, -0.2) is 36.6 Å². The molecule has 0 aliphatic rings. The normalized spacial score (nSPS) is 9.11. The molecule has 1 heterocycles. The third kappa shape index (κ3) is 5.47. The summed E-state index contributed by atoms with van der Waals surface area (Å²) in [6.07, 6.45) is 3.08. The van der Waals surface area contributed by atoms with Gasteiger partial charge in [-0.1, -0.05) is 13.3 Å². The highest BCUT2D eigenvalue weighted by Crippen LogP contribution is 2.08. The minimum absolute atomic E-state index is 0.374. The van der Waals surface area contributed by atoms with Crippen LogP contribution < -0.4 is 0 Å². The summed E-state index contributed by atoms with van der Waals surface area (Å²) in [6, 6.07) is 0. The third-order valence-electron chi connectivity index (χ3n) is 2.18. The van der Waals surface area contributed by atoms with E-state index in [1.165, 1.54) is 14.2 Å². The van der Waals surface area contributed by atoms with Gasteiger partial charge in [0.15, 0.2) is 5.69 Å². The number of carbonyl (C=O) groups is 2. The highest BCUT2D eigenvalue weighted by atomic mass is 16.5. The molecule has 0 atom stereocenters. The van der Waals surface area contributed by atoms with Crippen LogP contribution in [0.5, 0.6) is 0 Å². The molecule has 0 spiro atoms. The topological polar surface area (TPSA) is 81.3 Å². The molecule has 0 aliphatic carbocycles. The number of hydrogen-bond donors (Lipinski definition) is 1. The van der Waals surface area contributed by atoms with Gasteiger partial charge >= 0.3 is 5.97 Å². The van der Waals surface area contributed by atoms with Crippen LogP contribution in [0.4, 0.5) is 0 Å². The van der Waals surface area contributed by atoms with Gasteiger partial charge in [0.25, 0.3) is 6.47 Å². The number of hydrogen-bond acceptors (Lipinski definition) is 5. The van der Waals surface area contributed by atoms with E-state index in [0.29, 0.717) is 12.2 Å². The van der Waals surface area contributed by atoms with Crippen LogP contribution in [0.2, 0.25) is 0 Å². The van der Waals surface area contributed by atoms with E-state index in [1.807, 2.05) is 6.92 Å². The zero-order valence-electron chi connectivity index (χ0n) is 11.3. The standard InChI is InChI=1S/C10H16N2O2.C2H4O2/c1-4-5-6-8-11-7(2)9(12-8)10(13)14-3;1-4-2-3/h4-6H2,1-3H3,(H,11,12);2H,1H3. The summed E-state index contributed by atoms with van der Waals surface area (Å²) >= 11 is 0. The quantitative estimate of drug-likeness (QED) is 0.639. The van der Waals surface area contributed by atoms with Gasteiger partial charge in [-0.2, -0.15) is 0 Å². The second kappa shape index (κ2) is 9.21. The number of H-pyrrole nitrogens is 1. The monoisotopic (exact) mass is 256 g/mol. The molecular weight excluding hydrogens is 236 g/mol. The number of methoxy groups -OCH3 is 2. The minimum Gasteiger partial charge on any atom is -0.471 e. The first-order chi connectivity index (χ1) is 8.60. The van der Waals surface area contributed by atoms with Gasteiger partial charge < -0.3 is 14.5 Å². The molecule has 0 saturated heterocycles. The molecule has 1 aromatic heterocycles. The molecular formula is C12H20N2O4. The summed E-state index contributed by atoms with van der Waals surface area (Å²) in [5.41, 5.74) is 1.18. The number of nitrogens with one attached hydrogen (secondary N) is 1. The maximum atomic E-state index is 11.2. The first-order valence-corrected chi connectivity index (χ1v) is 5.70. The predicted octanol–water partition coefficient (Wildman–Crippen LogP) is 1.64. The first-order valence-electron chi connectivity index (χ1n) is 5.70. The van der Waals surface area contributed by atoms with Crippen molar-refractivity contribution >= 4 is 12.4 Å². The molecule has 18 heavy (non-hydrogen) atoms. The zero-order valence-corrected chi connectivity index (χ0v) is 11.3. The Kier molecular flexibility index (Phi) is 8.26. The molecule has 1 aromatic rings. The molecule has 0 bridgehead atoms. The minimum atomic E-state index is -0.374. The van der Waals surface area contributed by atoms with Crippen molar-refractivity contribution < 1.29 is 19.1 Å². The van der Waals surface area contributed by atoms with Crippen LogP contribution >= 0.6 is 0 Å². The van der Waals surface area contributed by atoms with Gasteiger partial charge in [-0.3, -0.25) is 4.79 Å². The summed E-state index contributed by atoms with van der Waals surface area (Å²) < 4.78 is 8.47. The highest BCUT2D eigenvalue weighted by Gasteiger charge is 2.14. The number of aromatic amines is 1. The van der Waals surface area contributed by atoms with Crippen LogP contribution in [0.25, 0.3) is 0 Å². The molecule has 0 saturated carbocycles. The van der Waals surface area contributed by atoms with Crippen LogP contribution in [0.1, 0.15) is 41.8 Å². The molecule has 0 aromatic carbocycles. The van der Waals surface area contributed by atoms with Crippen LogP contribution in [-0.2, 0) is 20.7 Å². The predicted molar refractivity (Wildman–Crippen MR) is 66.3 cm³/mol. The van der Waals surface area contributed by atoms with Gasteiger partial charge in [-0.25, -0.2) is 9.78 Å². The highest BCUT2D eigenvalue weighted by molar-refractivity contribution is 5.88. The van der Waals surface area contributed by atoms with E-state index in [9.17, 15) is 4.79 Å². The lowest BCUT2D eigenvalue weighted by atomic mass is 10.2. The Labute approximate surface area is 107 Å². The lowest BCUT2D eigenvalue weighted by Gasteiger charge is -1.93. The third-order valence-corrected chi connectivity index (χ3v) is 2.18. The first kappa shape index (κ1) is 16.1. The number of aryl methyl sites for hydroxylation is 2. The molecule has 102 valence electrons. The molecule has 1 rings (SSSR count). The average molecular weight is 256 g/mol. The smallest absolute Gasteiger partial charge is 0.358 e. The molecule has 0 radical (unpaired) electrons. The second-order valence-corrected chi connectivity index (χ2v) is 3.58. The molecule has 0 fully saturated rings. The number of imidazole rings is 1. The largest absolute Gasteiger partial charge is 0.471 e. The van der Waals surface area contributed by atoms with E-state index in [1.54, 1.807) is 0 Å². The molecule has 6 nitrogen and oxygen atoms in total. The van der Waals surface area contributed by atoms with Crippen molar-refractivity contribution in [1.29, 1.82) is 0 Å². The van der Waals surface area contributed by atoms with E-state index in [0.717, 1.165) is 30.8 Å². The number of nitrogens with zero attached hydrogens (tertiary/aromatic N) is 1. The summed E-state index contributed by atoms with van der Waals surface area (Å²) in [4.78, 5) is 27.4. The Bertz CT molecular complexity index is 374. The van der Waals surface area contributed by atoms with E-state index in [2.05, 4.69) is 26.4 Å². The molecule has 0 aliphatic heterocycles. The number of ether oxygens (including phenoxy) is 2. The molecule has 6 heteroatoms. The van der Waals surface area contributed by atoms with Crippen LogP contribution in [0.15, 0.2) is 0 Å². The fourth-order valence-electron chi connectivity index (χ4n) is 1.28. The van der Waals surface area contributed by atoms with Crippen molar-refractivity contribution in [3.63, 3.8) is 0 Å². The van der Waals surface area contributed by atoms with E-state index < -0.39 is 0 Å². The van der Waals surface area contributed by atoms with Crippen molar-refractivity contribution in [3.8, 4) is 0 Å². The Morgan fingerprint density at radius 3 is 2.50 bits per heavy atom. The molecule has 0 unspecified atom stereocenters. The van der Waals surface area contributed by atoms with Crippen LogP contribution in [0, 0.1) is 6.92 Å². The van der Waals surface area contributed by atoms with Gasteiger partial charge in [0, 0.05) is 12.1 Å². The lowest BCUT2D eigenvalue weighted by molar-refractivity contribution is -0.126. The Morgan fingerprint density at radius 1 is 1.44 bits per heavy atom. The van der Waals surface area contributed by atoms with E-state index in [-0.39, 0.29) is 5.97 Å². The maximum Gasteiger partial charge on any atom is 0.358 e. The summed E-state index contributed by atoms with van der Waals surface area (Å²) in [6.45, 7) is 4.33. The number of carbonyl (C=O) groups excluding carboxylic acids is 2. The molecule has 1 N–H and O–H groups in total. The number of unbranched alkanes of at least 4 members (excludes halogenated alkanes) is 1. The number of aromatic nitrogens is 2. The molecule has 0 amide bonds. The fourth-order valence-corrected chi connectivity index (χ4v) is 1.28. The van der Waals surface area contributed by atoms with E-state index >= 15 is 0 Å². The van der Waals surface area contributed by atoms with Crippen molar-refractivity contribution in [2.24, 2.45) is 0 Å². The van der Waals surface area contributed by atoms with Crippen LogP contribution in [0.3, 0.4) is 0 Å². The fraction of sp³-hybridized carbons (Fsp3) is 0.583. The van der Waals surface area contributed by atoms with Gasteiger partial charge in [0.05, 0.1) is 14.2 Å². The van der Waals surface area contributed by atoms with Crippen molar-refractivity contribution in [2.75, 3.05) is 14.2 Å². The summed E-state index contributed by atoms with van der Waals surface area (Å²) in [5, 5.41) is 0. The number of esters is 1. The summed E-state index contributed by atoms with van der Waals surface area (Å²) in [7, 11) is 2.68. The SMILES string of the molecule is CCCCc1nc(C(=O)OC)c(C)[nH]1.COC=O. The van der Waals surface area contributed by atoms with Gasteiger partial charge in [0.1, 0.15) is 5.82 Å². The Hall–Kier alpha value is -1.85. The maximum absolute atomic E-state index is 11.2. The van der Waals surface area contributed by atoms with Crippen molar-refractivity contribution in [1.82, 2.24) is 9.97 Å². The van der Waals surface area contributed by atoms with Gasteiger partial charge in [-0.15, -0.1) is 0 Å². The van der Waals surface area contributed by atoms with Crippen molar-refractivity contribution in [3.05, 3.63) is 17.2 Å². The van der Waals surface area contributed by atoms with Gasteiger partial charge in [0.2, 0.25) is 0 Å². The lowest BCUT2D eigenvalue weighted by Crippen LogP contribution is -2.03. The van der Waals surface area contributed by atoms with Gasteiger partial charge in [-0.05, 0) is 13.3 Å². The zero-order chi connectivity index (χ0) is 14.0. The summed E-state index contributed by atoms with van der Waals surface area (Å²) in [5.74, 6) is 0.492. The average Bonchev–Trinajstić information content (AvgIpc) is 2.77. The van der Waals surface area contributed by atoms with E-state index in [4.69, 9.17) is 4.79 Å². The Morgan fingerprint density at radius 2 is 2.06 bits per heavy atom. The second-order valence-electron chi connectivity index (χ2n) is 3.58. The van der Waals surface area contributed by atoms with Crippen molar-refractivity contribution in [2.45, 2.75) is 33.1 Å². The number of rotatable bonds is 5.